The van der Waals surface area contributed by atoms with Gasteiger partial charge in [-0.05, 0) is 31.7 Å². The van der Waals surface area contributed by atoms with E-state index in [4.69, 9.17) is 16.5 Å². The van der Waals surface area contributed by atoms with E-state index in [-0.39, 0.29) is 40.4 Å². The number of benzene rings is 1. The summed E-state index contributed by atoms with van der Waals surface area (Å²) in [4.78, 5) is 24.8. The average molecular weight is 584 g/mol. The van der Waals surface area contributed by atoms with Gasteiger partial charge in [0.25, 0.3) is 5.91 Å². The first-order valence-corrected chi connectivity index (χ1v) is 15.6. The number of nitrogens with two attached hydrogens (primary N) is 2. The molecule has 0 saturated carbocycles. The number of fused-ring (bicyclic) bond motifs is 3. The van der Waals surface area contributed by atoms with Crippen LogP contribution in [-0.2, 0) is 9.84 Å². The zero-order valence-electron chi connectivity index (χ0n) is 22.8. The molecule has 2 fully saturated rings. The summed E-state index contributed by atoms with van der Waals surface area (Å²) in [6, 6.07) is 13.6. The summed E-state index contributed by atoms with van der Waals surface area (Å²) in [6.07, 6.45) is 8.72. The molecule has 4 aromatic heterocycles. The van der Waals surface area contributed by atoms with Crippen molar-refractivity contribution in [2.24, 2.45) is 0 Å². The Labute approximate surface area is 241 Å². The minimum absolute atomic E-state index is 0.00884. The van der Waals surface area contributed by atoms with E-state index in [0.29, 0.717) is 35.3 Å². The van der Waals surface area contributed by atoms with Gasteiger partial charge >= 0.3 is 0 Å². The fraction of sp³-hybridized carbons (Fsp3) is 0.276. The number of hydrogen-bond donors (Lipinski definition) is 3. The Bertz CT molecular complexity index is 1920. The van der Waals surface area contributed by atoms with E-state index in [0.717, 1.165) is 35.9 Å². The number of nitrogens with one attached hydrogen (secondary N) is 1. The maximum Gasteiger partial charge on any atom is 0.259 e. The number of H-pyrrole nitrogens is 1. The first-order valence-electron chi connectivity index (χ1n) is 13.7. The highest BCUT2D eigenvalue weighted by molar-refractivity contribution is 7.91. The molecule has 2 aliphatic rings. The number of rotatable bonds is 5. The monoisotopic (exact) mass is 583 g/mol. The van der Waals surface area contributed by atoms with Crippen molar-refractivity contribution in [3.63, 3.8) is 0 Å². The predicted molar refractivity (Wildman–Crippen MR) is 157 cm³/mol. The molecule has 5 aromatic rings. The second-order valence-electron chi connectivity index (χ2n) is 11.0. The van der Waals surface area contributed by atoms with Gasteiger partial charge in [0, 0.05) is 47.1 Å². The fourth-order valence-electron chi connectivity index (χ4n) is 6.55. The van der Waals surface area contributed by atoms with Crippen molar-refractivity contribution in [3.05, 3.63) is 72.3 Å². The number of carbonyl (C=O) groups excluding carboxylic acids is 1. The van der Waals surface area contributed by atoms with Crippen molar-refractivity contribution < 1.29 is 13.2 Å². The van der Waals surface area contributed by atoms with Crippen LogP contribution in [0.5, 0.6) is 0 Å². The normalized spacial score (nSPS) is 20.3. The topological polar surface area (TPSA) is 178 Å². The Morgan fingerprint density at radius 1 is 0.976 bits per heavy atom. The summed E-state index contributed by atoms with van der Waals surface area (Å²) in [5.74, 6) is -0.121. The Hall–Kier alpha value is -4.78. The van der Waals surface area contributed by atoms with Gasteiger partial charge in [0.1, 0.15) is 22.1 Å². The maximum atomic E-state index is 13.4. The predicted octanol–water partition coefficient (Wildman–Crippen LogP) is 3.30. The molecule has 2 bridgehead atoms. The zero-order valence-corrected chi connectivity index (χ0v) is 23.6. The van der Waals surface area contributed by atoms with Gasteiger partial charge in [-0.3, -0.25) is 14.9 Å². The summed E-state index contributed by atoms with van der Waals surface area (Å²) in [7, 11) is -3.75. The van der Waals surface area contributed by atoms with Crippen LogP contribution < -0.4 is 11.5 Å². The van der Waals surface area contributed by atoms with Crippen molar-refractivity contribution in [2.75, 3.05) is 17.7 Å². The summed E-state index contributed by atoms with van der Waals surface area (Å²) in [6.45, 7) is 0. The van der Waals surface area contributed by atoms with Crippen LogP contribution in [0, 0.1) is 0 Å². The van der Waals surface area contributed by atoms with Gasteiger partial charge in [0.2, 0.25) is 0 Å². The number of aromatic nitrogens is 6. The van der Waals surface area contributed by atoms with Crippen molar-refractivity contribution in [1.82, 2.24) is 34.7 Å². The van der Waals surface area contributed by atoms with E-state index in [1.54, 1.807) is 12.4 Å². The molecule has 12 nitrogen and oxygen atoms in total. The van der Waals surface area contributed by atoms with Crippen LogP contribution in [0.1, 0.15) is 47.7 Å². The molecular weight excluding hydrogens is 554 g/mol. The average Bonchev–Trinajstić information content (AvgIpc) is 3.68. The number of amides is 1. The van der Waals surface area contributed by atoms with Crippen LogP contribution in [0.15, 0.2) is 66.0 Å². The lowest BCUT2D eigenvalue weighted by atomic mass is 9.87. The lowest BCUT2D eigenvalue weighted by Crippen LogP contribution is -2.46. The number of nitrogens with zero attached hydrogens (tertiary/aromatic N) is 6. The van der Waals surface area contributed by atoms with E-state index in [1.165, 1.54) is 10.7 Å². The van der Waals surface area contributed by atoms with Crippen LogP contribution in [0.2, 0.25) is 0 Å². The molecular formula is C29H29N9O3S. The SMILES string of the molecule is CS(=O)(=O)c1c([C@H]2C[C@H]3CC[C@@H](C2)N3C(=O)c2cn[nH]c2N)nc2c(-c3ccc(-c4ccccc4)nc3)cnn2c1N. The molecule has 3 atom stereocenters. The first kappa shape index (κ1) is 26.1. The number of pyridine rings is 1. The standard InChI is InChI=1S/C29H29N9O3S/c1-42(40,41)25-24(18-11-19-8-9-20(12-18)37(19)29(39)22-14-33-36-26(22)30)35-28-21(15-34-38(28)27(25)31)17-7-10-23(32-13-17)16-5-3-2-4-6-16/h2-7,10,13-15,18-20H,8-9,11-12,31H2,1H3,(H3,30,33,36)/t18-,19+,20-. The second kappa shape index (κ2) is 9.65. The Kier molecular flexibility index (Phi) is 6.01. The minimum Gasteiger partial charge on any atom is -0.383 e. The highest BCUT2D eigenvalue weighted by Gasteiger charge is 2.46. The lowest BCUT2D eigenvalue weighted by molar-refractivity contribution is 0.0569. The molecule has 1 amide bonds. The minimum atomic E-state index is -3.75. The number of piperidine rings is 1. The van der Waals surface area contributed by atoms with Crippen LogP contribution in [0.3, 0.4) is 0 Å². The van der Waals surface area contributed by atoms with E-state index in [2.05, 4.69) is 20.3 Å². The smallest absolute Gasteiger partial charge is 0.259 e. The van der Waals surface area contributed by atoms with Crippen molar-refractivity contribution in [3.8, 4) is 22.4 Å². The second-order valence-corrected chi connectivity index (χ2v) is 13.0. The molecule has 0 unspecified atom stereocenters. The Morgan fingerprint density at radius 2 is 1.71 bits per heavy atom. The summed E-state index contributed by atoms with van der Waals surface area (Å²) >= 11 is 0. The lowest BCUT2D eigenvalue weighted by Gasteiger charge is -2.39. The van der Waals surface area contributed by atoms with E-state index in [1.807, 2.05) is 47.4 Å². The van der Waals surface area contributed by atoms with Gasteiger partial charge in [-0.25, -0.2) is 13.4 Å². The quantitative estimate of drug-likeness (QED) is 0.280. The summed E-state index contributed by atoms with van der Waals surface area (Å²) in [5.41, 5.74) is 17.0. The Morgan fingerprint density at radius 3 is 2.33 bits per heavy atom. The van der Waals surface area contributed by atoms with Crippen LogP contribution in [0.4, 0.5) is 11.6 Å². The fourth-order valence-corrected chi connectivity index (χ4v) is 7.61. The molecule has 6 heterocycles. The number of anilines is 2. The zero-order chi connectivity index (χ0) is 29.2. The van der Waals surface area contributed by atoms with Gasteiger partial charge < -0.3 is 16.4 Å². The van der Waals surface area contributed by atoms with Gasteiger partial charge in [-0.2, -0.15) is 14.7 Å². The van der Waals surface area contributed by atoms with E-state index >= 15 is 0 Å². The molecule has 2 saturated heterocycles. The molecule has 0 radical (unpaired) electrons. The number of hydrogen-bond acceptors (Lipinski definition) is 9. The van der Waals surface area contributed by atoms with Gasteiger partial charge in [-0.15, -0.1) is 0 Å². The largest absolute Gasteiger partial charge is 0.383 e. The molecule has 0 aliphatic carbocycles. The summed E-state index contributed by atoms with van der Waals surface area (Å²) in [5, 5.41) is 10.9. The molecule has 0 spiro atoms. The summed E-state index contributed by atoms with van der Waals surface area (Å²) < 4.78 is 27.6. The molecule has 2 aliphatic heterocycles. The number of carbonyl (C=O) groups is 1. The van der Waals surface area contributed by atoms with Gasteiger partial charge in [-0.1, -0.05) is 36.4 Å². The first-order chi connectivity index (χ1) is 20.2. The van der Waals surface area contributed by atoms with Crippen molar-refractivity contribution in [2.45, 2.75) is 48.6 Å². The number of aromatic amines is 1. The molecule has 214 valence electrons. The maximum absolute atomic E-state index is 13.4. The van der Waals surface area contributed by atoms with E-state index < -0.39 is 9.84 Å². The molecule has 13 heteroatoms. The molecule has 5 N–H and O–H groups in total. The Balaban J connectivity index is 1.28. The van der Waals surface area contributed by atoms with Crippen LogP contribution in [0.25, 0.3) is 28.0 Å². The highest BCUT2D eigenvalue weighted by Crippen LogP contribution is 2.46. The van der Waals surface area contributed by atoms with Gasteiger partial charge in [0.05, 0.1) is 23.8 Å². The van der Waals surface area contributed by atoms with Crippen LogP contribution >= 0.6 is 0 Å². The molecule has 42 heavy (non-hydrogen) atoms. The third-order valence-corrected chi connectivity index (χ3v) is 9.59. The van der Waals surface area contributed by atoms with E-state index in [9.17, 15) is 13.2 Å². The number of nitrogen functional groups attached to an aromatic ring is 2. The van der Waals surface area contributed by atoms with Gasteiger partial charge in [0.15, 0.2) is 15.5 Å². The third-order valence-electron chi connectivity index (χ3n) is 8.43. The highest BCUT2D eigenvalue weighted by atomic mass is 32.2. The van der Waals surface area contributed by atoms with Crippen molar-refractivity contribution >= 4 is 33.0 Å². The molecule has 1 aromatic carbocycles. The van der Waals surface area contributed by atoms with Crippen molar-refractivity contribution in [1.29, 1.82) is 0 Å². The third kappa shape index (κ3) is 4.19. The van der Waals surface area contributed by atoms with Crippen LogP contribution in [-0.4, -0.2) is 67.3 Å². The molecule has 7 rings (SSSR count). The number of sulfone groups is 1.